The Kier molecular flexibility index (Phi) is 3.92. The van der Waals surface area contributed by atoms with Gasteiger partial charge < -0.3 is 4.90 Å². The van der Waals surface area contributed by atoms with Gasteiger partial charge in [-0.2, -0.15) is 0 Å². The van der Waals surface area contributed by atoms with E-state index < -0.39 is 0 Å². The fraction of sp³-hybridized carbons (Fsp3) is 0.562. The van der Waals surface area contributed by atoms with Gasteiger partial charge in [0, 0.05) is 28.3 Å². The number of carbonyl (C=O) groups is 1. The second-order valence-corrected chi connectivity index (χ2v) is 6.68. The molecule has 19 heavy (non-hydrogen) atoms. The number of hydrogen-bond acceptors (Lipinski definition) is 2. The summed E-state index contributed by atoms with van der Waals surface area (Å²) in [5.41, 5.74) is 1.95. The molecular weight excluding hydrogens is 302 g/mol. The monoisotopic (exact) mass is 321 g/mol. The van der Waals surface area contributed by atoms with Crippen LogP contribution in [-0.2, 0) is 0 Å². The Balaban J connectivity index is 1.91. The minimum Gasteiger partial charge on any atom is -0.368 e. The highest BCUT2D eigenvalue weighted by molar-refractivity contribution is 9.10. The third kappa shape index (κ3) is 2.58. The molecule has 0 radical (unpaired) electrons. The molecule has 0 N–H and O–H groups in total. The average molecular weight is 322 g/mol. The lowest BCUT2D eigenvalue weighted by molar-refractivity contribution is 0.112. The van der Waals surface area contributed by atoms with Gasteiger partial charge in [0.25, 0.3) is 0 Å². The van der Waals surface area contributed by atoms with Crippen LogP contribution in [0.25, 0.3) is 0 Å². The molecule has 0 spiro atoms. The van der Waals surface area contributed by atoms with Crippen molar-refractivity contribution in [1.29, 1.82) is 0 Å². The van der Waals surface area contributed by atoms with Crippen LogP contribution in [0.1, 0.15) is 48.9 Å². The minimum atomic E-state index is 0.649. The Morgan fingerprint density at radius 3 is 2.68 bits per heavy atom. The number of anilines is 1. The van der Waals surface area contributed by atoms with Crippen molar-refractivity contribution in [2.45, 2.75) is 44.6 Å². The van der Waals surface area contributed by atoms with Crippen molar-refractivity contribution in [3.63, 3.8) is 0 Å². The van der Waals surface area contributed by atoms with Crippen LogP contribution in [0.15, 0.2) is 22.7 Å². The number of halogens is 1. The van der Waals surface area contributed by atoms with Crippen molar-refractivity contribution in [3.8, 4) is 0 Å². The fourth-order valence-corrected chi connectivity index (χ4v) is 4.14. The Morgan fingerprint density at radius 2 is 1.95 bits per heavy atom. The van der Waals surface area contributed by atoms with E-state index in [9.17, 15) is 4.79 Å². The van der Waals surface area contributed by atoms with Gasteiger partial charge in [0.05, 0.1) is 0 Å². The van der Waals surface area contributed by atoms with Crippen molar-refractivity contribution >= 4 is 27.9 Å². The molecule has 3 rings (SSSR count). The first-order valence-electron chi connectivity index (χ1n) is 7.31. The van der Waals surface area contributed by atoms with E-state index in [-0.39, 0.29) is 0 Å². The molecule has 0 amide bonds. The molecule has 1 saturated carbocycles. The molecule has 1 aromatic rings. The number of carbonyl (C=O) groups excluding carboxylic acids is 1. The number of benzene rings is 1. The molecule has 2 nitrogen and oxygen atoms in total. The van der Waals surface area contributed by atoms with Crippen molar-refractivity contribution in [2.75, 3.05) is 11.4 Å². The molecule has 1 atom stereocenters. The highest BCUT2D eigenvalue weighted by atomic mass is 79.9. The maximum absolute atomic E-state index is 11.3. The molecule has 1 aliphatic heterocycles. The van der Waals surface area contributed by atoms with Crippen molar-refractivity contribution in [1.82, 2.24) is 0 Å². The second kappa shape index (κ2) is 5.66. The zero-order chi connectivity index (χ0) is 13.2. The number of rotatable bonds is 3. The molecule has 2 aliphatic rings. The largest absolute Gasteiger partial charge is 0.368 e. The van der Waals surface area contributed by atoms with Crippen LogP contribution in [0.3, 0.4) is 0 Å². The van der Waals surface area contributed by atoms with Crippen LogP contribution >= 0.6 is 15.9 Å². The first-order chi connectivity index (χ1) is 9.29. The van der Waals surface area contributed by atoms with Gasteiger partial charge in [0.15, 0.2) is 6.29 Å². The third-order valence-electron chi connectivity index (χ3n) is 4.67. The third-order valence-corrected chi connectivity index (χ3v) is 5.17. The van der Waals surface area contributed by atoms with Crippen LogP contribution in [0, 0.1) is 5.92 Å². The fourth-order valence-electron chi connectivity index (χ4n) is 3.79. The molecule has 1 aromatic carbocycles. The van der Waals surface area contributed by atoms with Gasteiger partial charge in [0.1, 0.15) is 0 Å². The Morgan fingerprint density at radius 1 is 1.16 bits per heavy atom. The molecule has 2 fully saturated rings. The van der Waals surface area contributed by atoms with E-state index in [1.54, 1.807) is 0 Å². The second-order valence-electron chi connectivity index (χ2n) is 5.77. The smallest absolute Gasteiger partial charge is 0.152 e. The summed E-state index contributed by atoms with van der Waals surface area (Å²) in [5, 5.41) is 0. The van der Waals surface area contributed by atoms with Gasteiger partial charge in [-0.1, -0.05) is 28.8 Å². The van der Waals surface area contributed by atoms with Crippen LogP contribution in [0.5, 0.6) is 0 Å². The summed E-state index contributed by atoms with van der Waals surface area (Å²) >= 11 is 3.53. The number of hydrogen-bond donors (Lipinski definition) is 0. The van der Waals surface area contributed by atoms with E-state index in [1.165, 1.54) is 38.5 Å². The van der Waals surface area contributed by atoms with Crippen molar-refractivity contribution in [3.05, 3.63) is 28.2 Å². The Hall–Kier alpha value is -0.830. The van der Waals surface area contributed by atoms with Crippen LogP contribution < -0.4 is 4.90 Å². The summed E-state index contributed by atoms with van der Waals surface area (Å²) in [6.45, 7) is 1.10. The standard InChI is InChI=1S/C16H20BrNO/c17-14-8-7-13(11-19)16(10-14)18-9-3-6-15(18)12-4-1-2-5-12/h7-8,10-12,15H,1-6,9H2. The molecule has 1 aliphatic carbocycles. The summed E-state index contributed by atoms with van der Waals surface area (Å²) in [5.74, 6) is 0.834. The van der Waals surface area contributed by atoms with Gasteiger partial charge in [-0.3, -0.25) is 4.79 Å². The quantitative estimate of drug-likeness (QED) is 0.768. The summed E-state index contributed by atoms with van der Waals surface area (Å²) < 4.78 is 1.06. The summed E-state index contributed by atoms with van der Waals surface area (Å²) in [6, 6.07) is 6.64. The highest BCUT2D eigenvalue weighted by Crippen LogP contribution is 2.39. The lowest BCUT2D eigenvalue weighted by Gasteiger charge is -2.32. The van der Waals surface area contributed by atoms with Gasteiger partial charge in [-0.15, -0.1) is 0 Å². The number of nitrogens with zero attached hydrogens (tertiary/aromatic N) is 1. The molecule has 0 bridgehead atoms. The first kappa shape index (κ1) is 13.2. The van der Waals surface area contributed by atoms with Crippen LogP contribution in [0.2, 0.25) is 0 Å². The van der Waals surface area contributed by atoms with Crippen LogP contribution in [0.4, 0.5) is 5.69 Å². The zero-order valence-corrected chi connectivity index (χ0v) is 12.7. The molecule has 0 aromatic heterocycles. The van der Waals surface area contributed by atoms with E-state index in [0.29, 0.717) is 6.04 Å². The maximum atomic E-state index is 11.3. The van der Waals surface area contributed by atoms with E-state index in [4.69, 9.17) is 0 Å². The number of aldehydes is 1. The van der Waals surface area contributed by atoms with Gasteiger partial charge >= 0.3 is 0 Å². The van der Waals surface area contributed by atoms with E-state index in [2.05, 4.69) is 26.9 Å². The lowest BCUT2D eigenvalue weighted by Crippen LogP contribution is -2.35. The van der Waals surface area contributed by atoms with Gasteiger partial charge in [-0.25, -0.2) is 0 Å². The van der Waals surface area contributed by atoms with E-state index in [0.717, 1.165) is 34.5 Å². The van der Waals surface area contributed by atoms with Crippen molar-refractivity contribution < 1.29 is 4.79 Å². The molecular formula is C16H20BrNO. The van der Waals surface area contributed by atoms with Crippen molar-refractivity contribution in [2.24, 2.45) is 5.92 Å². The minimum absolute atomic E-state index is 0.649. The molecule has 3 heteroatoms. The molecule has 102 valence electrons. The van der Waals surface area contributed by atoms with Crippen LogP contribution in [-0.4, -0.2) is 18.9 Å². The SMILES string of the molecule is O=Cc1ccc(Br)cc1N1CCCC1C1CCCC1. The molecule has 1 unspecified atom stereocenters. The Labute approximate surface area is 123 Å². The average Bonchev–Trinajstić information content (AvgIpc) is 3.09. The predicted octanol–water partition coefficient (Wildman–Crippen LogP) is 4.42. The summed E-state index contributed by atoms with van der Waals surface area (Å²) in [6.07, 6.45) is 9.03. The predicted molar refractivity (Wildman–Crippen MR) is 81.9 cm³/mol. The molecule has 1 heterocycles. The van der Waals surface area contributed by atoms with Gasteiger partial charge in [0.2, 0.25) is 0 Å². The highest BCUT2D eigenvalue weighted by Gasteiger charge is 2.34. The topological polar surface area (TPSA) is 20.3 Å². The zero-order valence-electron chi connectivity index (χ0n) is 11.1. The normalized spacial score (nSPS) is 24.1. The van der Waals surface area contributed by atoms with E-state index >= 15 is 0 Å². The maximum Gasteiger partial charge on any atom is 0.152 e. The summed E-state index contributed by atoms with van der Waals surface area (Å²) in [4.78, 5) is 13.8. The van der Waals surface area contributed by atoms with Gasteiger partial charge in [-0.05, 0) is 49.8 Å². The summed E-state index contributed by atoms with van der Waals surface area (Å²) in [7, 11) is 0. The lowest BCUT2D eigenvalue weighted by atomic mass is 9.95. The van der Waals surface area contributed by atoms with E-state index in [1.807, 2.05) is 12.1 Å². The first-order valence-corrected chi connectivity index (χ1v) is 8.10. The Bertz CT molecular complexity index is 468. The molecule has 1 saturated heterocycles.